The van der Waals surface area contributed by atoms with Gasteiger partial charge in [-0.25, -0.2) is 0 Å². The van der Waals surface area contributed by atoms with Gasteiger partial charge in [-0.2, -0.15) is 0 Å². The van der Waals surface area contributed by atoms with Crippen LogP contribution in [0.5, 0.6) is 0 Å². The van der Waals surface area contributed by atoms with Crippen LogP contribution < -0.4 is 10.2 Å². The third-order valence-corrected chi connectivity index (χ3v) is 5.79. The molecule has 4 nitrogen and oxygen atoms in total. The molecule has 0 saturated heterocycles. The molecule has 0 radical (unpaired) electrons. The minimum atomic E-state index is -0.0331. The Morgan fingerprint density at radius 1 is 1.30 bits per heavy atom. The lowest BCUT2D eigenvalue weighted by atomic mass is 10.1. The van der Waals surface area contributed by atoms with Crippen molar-refractivity contribution >= 4 is 34.5 Å². The van der Waals surface area contributed by atoms with Crippen molar-refractivity contribution in [2.45, 2.75) is 25.7 Å². The van der Waals surface area contributed by atoms with Gasteiger partial charge in [-0.15, -0.1) is 11.3 Å². The van der Waals surface area contributed by atoms with Crippen molar-refractivity contribution in [3.8, 4) is 0 Å². The first kappa shape index (κ1) is 14.5. The fourth-order valence-corrected chi connectivity index (χ4v) is 4.42. The normalized spacial score (nSPS) is 23.0. The van der Waals surface area contributed by atoms with Gasteiger partial charge in [0, 0.05) is 29.7 Å². The summed E-state index contributed by atoms with van der Waals surface area (Å²) in [7, 11) is 0. The molecule has 1 aliphatic carbocycles. The number of hydrogen-bond donors (Lipinski definition) is 1. The molecule has 0 spiro atoms. The summed E-state index contributed by atoms with van der Waals surface area (Å²) in [4.78, 5) is 28.0. The number of anilines is 2. The summed E-state index contributed by atoms with van der Waals surface area (Å²) in [5, 5.41) is 4.98. The SMILES string of the molecule is Cc1ccsc1[C@@H]1C[C@H]1C(=O)N1CCC(=O)Nc2ccccc21. The van der Waals surface area contributed by atoms with E-state index in [2.05, 4.69) is 23.7 Å². The van der Waals surface area contributed by atoms with Crippen LogP contribution in [-0.2, 0) is 9.59 Å². The highest BCUT2D eigenvalue weighted by Crippen LogP contribution is 2.51. The molecule has 1 saturated carbocycles. The summed E-state index contributed by atoms with van der Waals surface area (Å²) in [6.07, 6.45) is 1.26. The highest BCUT2D eigenvalue weighted by molar-refractivity contribution is 7.10. The van der Waals surface area contributed by atoms with Crippen LogP contribution in [0.4, 0.5) is 11.4 Å². The van der Waals surface area contributed by atoms with E-state index in [4.69, 9.17) is 0 Å². The quantitative estimate of drug-likeness (QED) is 0.918. The molecule has 0 bridgehead atoms. The number of amides is 2. The van der Waals surface area contributed by atoms with Crippen LogP contribution in [0.3, 0.4) is 0 Å². The molecule has 1 aromatic heterocycles. The Labute approximate surface area is 139 Å². The number of nitrogens with one attached hydrogen (secondary N) is 1. The zero-order valence-corrected chi connectivity index (χ0v) is 13.7. The van der Waals surface area contributed by atoms with Gasteiger partial charge in [0.2, 0.25) is 11.8 Å². The summed E-state index contributed by atoms with van der Waals surface area (Å²) in [5.41, 5.74) is 2.83. The van der Waals surface area contributed by atoms with Gasteiger partial charge < -0.3 is 10.2 Å². The van der Waals surface area contributed by atoms with Crippen molar-refractivity contribution in [1.29, 1.82) is 0 Å². The van der Waals surface area contributed by atoms with Gasteiger partial charge in [0.1, 0.15) is 0 Å². The predicted octanol–water partition coefficient (Wildman–Crippen LogP) is 3.54. The second kappa shape index (κ2) is 5.49. The summed E-state index contributed by atoms with van der Waals surface area (Å²) >= 11 is 1.74. The Morgan fingerprint density at radius 2 is 2.13 bits per heavy atom. The number of nitrogens with zero attached hydrogens (tertiary/aromatic N) is 1. The molecule has 23 heavy (non-hydrogen) atoms. The first-order chi connectivity index (χ1) is 11.1. The van der Waals surface area contributed by atoms with E-state index in [-0.39, 0.29) is 17.7 Å². The second-order valence-electron chi connectivity index (χ2n) is 6.22. The molecule has 2 aliphatic rings. The Morgan fingerprint density at radius 3 is 2.91 bits per heavy atom. The zero-order valence-electron chi connectivity index (χ0n) is 12.9. The van der Waals surface area contributed by atoms with Crippen LogP contribution in [0.2, 0.25) is 0 Å². The first-order valence-electron chi connectivity index (χ1n) is 7.89. The Bertz CT molecular complexity index is 783. The second-order valence-corrected chi connectivity index (χ2v) is 7.17. The van der Waals surface area contributed by atoms with E-state index < -0.39 is 0 Å². The largest absolute Gasteiger partial charge is 0.324 e. The molecule has 1 aromatic carbocycles. The van der Waals surface area contributed by atoms with Crippen molar-refractivity contribution in [1.82, 2.24) is 0 Å². The number of fused-ring (bicyclic) bond motifs is 1. The molecule has 1 N–H and O–H groups in total. The fraction of sp³-hybridized carbons (Fsp3) is 0.333. The summed E-state index contributed by atoms with van der Waals surface area (Å²) in [6.45, 7) is 2.56. The van der Waals surface area contributed by atoms with Gasteiger partial charge in [-0.05, 0) is 42.5 Å². The third-order valence-electron chi connectivity index (χ3n) is 4.64. The van der Waals surface area contributed by atoms with E-state index >= 15 is 0 Å². The van der Waals surface area contributed by atoms with E-state index in [0.29, 0.717) is 18.9 Å². The topological polar surface area (TPSA) is 49.4 Å². The van der Waals surface area contributed by atoms with E-state index in [0.717, 1.165) is 17.8 Å². The molecule has 2 heterocycles. The smallest absolute Gasteiger partial charge is 0.230 e. The number of aryl methyl sites for hydroxylation is 1. The number of para-hydroxylation sites is 2. The molecule has 4 rings (SSSR count). The number of carbonyl (C=O) groups excluding carboxylic acids is 2. The molecule has 1 aliphatic heterocycles. The maximum Gasteiger partial charge on any atom is 0.230 e. The van der Waals surface area contributed by atoms with E-state index in [9.17, 15) is 9.59 Å². The number of carbonyl (C=O) groups is 2. The molecule has 1 fully saturated rings. The van der Waals surface area contributed by atoms with Gasteiger partial charge >= 0.3 is 0 Å². The minimum absolute atomic E-state index is 0.0331. The van der Waals surface area contributed by atoms with E-state index in [1.54, 1.807) is 16.2 Å². The van der Waals surface area contributed by atoms with Gasteiger partial charge in [-0.1, -0.05) is 12.1 Å². The van der Waals surface area contributed by atoms with Crippen molar-refractivity contribution in [2.24, 2.45) is 5.92 Å². The molecule has 118 valence electrons. The van der Waals surface area contributed by atoms with Crippen molar-refractivity contribution < 1.29 is 9.59 Å². The van der Waals surface area contributed by atoms with Crippen LogP contribution in [0.15, 0.2) is 35.7 Å². The number of benzene rings is 1. The highest BCUT2D eigenvalue weighted by Gasteiger charge is 2.47. The lowest BCUT2D eigenvalue weighted by molar-refractivity contribution is -0.120. The molecule has 2 amide bonds. The maximum atomic E-state index is 13.0. The number of hydrogen-bond acceptors (Lipinski definition) is 3. The fourth-order valence-electron chi connectivity index (χ4n) is 3.31. The van der Waals surface area contributed by atoms with Crippen LogP contribution in [0.1, 0.15) is 29.2 Å². The van der Waals surface area contributed by atoms with Crippen LogP contribution in [-0.4, -0.2) is 18.4 Å². The predicted molar refractivity (Wildman–Crippen MR) is 91.9 cm³/mol. The Balaban J connectivity index is 1.60. The lowest BCUT2D eigenvalue weighted by Gasteiger charge is -2.22. The van der Waals surface area contributed by atoms with Crippen molar-refractivity contribution in [3.05, 3.63) is 46.2 Å². The van der Waals surface area contributed by atoms with Gasteiger partial charge in [0.15, 0.2) is 0 Å². The molecule has 2 atom stereocenters. The summed E-state index contributed by atoms with van der Waals surface area (Å²) < 4.78 is 0. The van der Waals surface area contributed by atoms with Gasteiger partial charge in [-0.3, -0.25) is 9.59 Å². The summed E-state index contributed by atoms with van der Waals surface area (Å²) in [5.74, 6) is 0.510. The first-order valence-corrected chi connectivity index (χ1v) is 8.77. The Kier molecular flexibility index (Phi) is 3.45. The summed E-state index contributed by atoms with van der Waals surface area (Å²) in [6, 6.07) is 9.66. The standard InChI is InChI=1S/C18H18N2O2S/c1-11-7-9-23-17(11)12-10-13(12)18(22)20-8-6-16(21)19-14-4-2-3-5-15(14)20/h2-5,7,9,12-13H,6,8,10H2,1H3,(H,19,21)/t12-,13-/m1/s1. The number of rotatable bonds is 2. The van der Waals surface area contributed by atoms with Crippen LogP contribution >= 0.6 is 11.3 Å². The zero-order chi connectivity index (χ0) is 16.0. The molecule has 0 unspecified atom stereocenters. The molecular formula is C18H18N2O2S. The van der Waals surface area contributed by atoms with E-state index in [1.807, 2.05) is 24.3 Å². The van der Waals surface area contributed by atoms with E-state index in [1.165, 1.54) is 10.4 Å². The van der Waals surface area contributed by atoms with Crippen LogP contribution in [0, 0.1) is 12.8 Å². The van der Waals surface area contributed by atoms with Crippen LogP contribution in [0.25, 0.3) is 0 Å². The average molecular weight is 326 g/mol. The van der Waals surface area contributed by atoms with Gasteiger partial charge in [0.25, 0.3) is 0 Å². The third kappa shape index (κ3) is 2.55. The van der Waals surface area contributed by atoms with Gasteiger partial charge in [0.05, 0.1) is 11.4 Å². The number of thiophene rings is 1. The van der Waals surface area contributed by atoms with Crippen molar-refractivity contribution in [2.75, 3.05) is 16.8 Å². The molecular weight excluding hydrogens is 308 g/mol. The average Bonchev–Trinajstić information content (AvgIpc) is 3.25. The highest BCUT2D eigenvalue weighted by atomic mass is 32.1. The maximum absolute atomic E-state index is 13.0. The molecule has 5 heteroatoms. The monoisotopic (exact) mass is 326 g/mol. The lowest BCUT2D eigenvalue weighted by Crippen LogP contribution is -2.33. The van der Waals surface area contributed by atoms with Crippen molar-refractivity contribution in [3.63, 3.8) is 0 Å². The molecule has 2 aromatic rings. The Hall–Kier alpha value is -2.14. The minimum Gasteiger partial charge on any atom is -0.324 e.